The Morgan fingerprint density at radius 2 is 1.82 bits per heavy atom. The number of rotatable bonds is 7. The van der Waals surface area contributed by atoms with Gasteiger partial charge < -0.3 is 15.1 Å². The Morgan fingerprint density at radius 3 is 2.41 bits per heavy atom. The molecule has 1 atom stereocenters. The number of halogens is 2. The summed E-state index contributed by atoms with van der Waals surface area (Å²) in [7, 11) is 1.70. The lowest BCUT2D eigenvalue weighted by Gasteiger charge is -2.20. The maximum absolute atomic E-state index is 13.4. The lowest BCUT2D eigenvalue weighted by atomic mass is 10.3. The van der Waals surface area contributed by atoms with Crippen LogP contribution in [0.4, 0.5) is 14.5 Å². The first kappa shape index (κ1) is 18.0. The van der Waals surface area contributed by atoms with Gasteiger partial charge in [-0.2, -0.15) is 0 Å². The molecular formula is C15H22F2N3O2+. The lowest BCUT2D eigenvalue weighted by molar-refractivity contribution is -0.862. The van der Waals surface area contributed by atoms with Crippen molar-refractivity contribution in [2.45, 2.75) is 13.8 Å². The van der Waals surface area contributed by atoms with Gasteiger partial charge in [-0.3, -0.25) is 9.59 Å². The highest BCUT2D eigenvalue weighted by atomic mass is 19.1. The summed E-state index contributed by atoms with van der Waals surface area (Å²) >= 11 is 0. The maximum Gasteiger partial charge on any atom is 0.279 e. The molecule has 1 aromatic carbocycles. The number of carbonyl (C=O) groups is 2. The standard InChI is InChI=1S/C15H21F2N3O2/c1-4-20(5-2)15(22)10-19(3)9-14(21)18-13-8-11(16)6-7-12(13)17/h6-8H,4-5,9-10H2,1-3H3,(H,18,21)/p+1. The van der Waals surface area contributed by atoms with Crippen LogP contribution in [0.2, 0.25) is 0 Å². The predicted octanol–water partition coefficient (Wildman–Crippen LogP) is 0.286. The minimum Gasteiger partial charge on any atom is -0.338 e. The first-order valence-corrected chi connectivity index (χ1v) is 7.21. The van der Waals surface area contributed by atoms with Crippen LogP contribution in [0, 0.1) is 11.6 Å². The molecule has 1 rings (SSSR count). The SMILES string of the molecule is CCN(CC)C(=O)C[NH+](C)CC(=O)Nc1cc(F)ccc1F. The number of amides is 2. The summed E-state index contributed by atoms with van der Waals surface area (Å²) in [6, 6.07) is 2.85. The van der Waals surface area contributed by atoms with Gasteiger partial charge in [0.25, 0.3) is 11.8 Å². The van der Waals surface area contributed by atoms with Crippen molar-refractivity contribution < 1.29 is 23.3 Å². The molecule has 1 aromatic rings. The Bertz CT molecular complexity index is 534. The number of nitrogens with one attached hydrogen (secondary N) is 2. The Labute approximate surface area is 128 Å². The van der Waals surface area contributed by atoms with Crippen molar-refractivity contribution in [3.63, 3.8) is 0 Å². The molecule has 0 saturated heterocycles. The molecule has 0 radical (unpaired) electrons. The van der Waals surface area contributed by atoms with E-state index in [1.54, 1.807) is 11.9 Å². The number of hydrogen-bond acceptors (Lipinski definition) is 2. The van der Waals surface area contributed by atoms with Crippen LogP contribution in [0.15, 0.2) is 18.2 Å². The van der Waals surface area contributed by atoms with Crippen molar-refractivity contribution in [1.82, 2.24) is 4.90 Å². The third-order valence-corrected chi connectivity index (χ3v) is 3.23. The Hall–Kier alpha value is -2.02. The molecular weight excluding hydrogens is 292 g/mol. The van der Waals surface area contributed by atoms with Gasteiger partial charge in [-0.15, -0.1) is 0 Å². The van der Waals surface area contributed by atoms with Crippen LogP contribution in [0.1, 0.15) is 13.8 Å². The molecule has 0 aliphatic carbocycles. The molecule has 0 saturated carbocycles. The normalized spacial score (nSPS) is 11.9. The molecule has 122 valence electrons. The number of benzene rings is 1. The zero-order valence-electron chi connectivity index (χ0n) is 13.1. The van der Waals surface area contributed by atoms with Gasteiger partial charge in [-0.1, -0.05) is 0 Å². The van der Waals surface area contributed by atoms with E-state index in [0.29, 0.717) is 18.0 Å². The quantitative estimate of drug-likeness (QED) is 0.760. The van der Waals surface area contributed by atoms with Crippen LogP contribution < -0.4 is 10.2 Å². The van der Waals surface area contributed by atoms with Crippen LogP contribution in [0.5, 0.6) is 0 Å². The van der Waals surface area contributed by atoms with E-state index in [1.165, 1.54) is 0 Å². The second-order valence-corrected chi connectivity index (χ2v) is 5.05. The van der Waals surface area contributed by atoms with Gasteiger partial charge >= 0.3 is 0 Å². The lowest BCUT2D eigenvalue weighted by Crippen LogP contribution is -3.11. The van der Waals surface area contributed by atoms with Crippen LogP contribution in [0.25, 0.3) is 0 Å². The Balaban J connectivity index is 2.54. The first-order chi connectivity index (χ1) is 10.4. The van der Waals surface area contributed by atoms with Crippen molar-refractivity contribution >= 4 is 17.5 Å². The van der Waals surface area contributed by atoms with E-state index in [1.807, 2.05) is 13.8 Å². The second-order valence-electron chi connectivity index (χ2n) is 5.05. The summed E-state index contributed by atoms with van der Waals surface area (Å²) in [6.07, 6.45) is 0. The van der Waals surface area contributed by atoms with Crippen molar-refractivity contribution in [1.29, 1.82) is 0 Å². The zero-order valence-corrected chi connectivity index (χ0v) is 13.1. The van der Waals surface area contributed by atoms with E-state index in [-0.39, 0.29) is 24.7 Å². The number of carbonyl (C=O) groups excluding carboxylic acids is 2. The molecule has 0 aromatic heterocycles. The fourth-order valence-corrected chi connectivity index (χ4v) is 2.07. The number of hydrogen-bond donors (Lipinski definition) is 2. The summed E-state index contributed by atoms with van der Waals surface area (Å²) in [4.78, 5) is 26.1. The predicted molar refractivity (Wildman–Crippen MR) is 79.5 cm³/mol. The number of anilines is 1. The van der Waals surface area contributed by atoms with E-state index in [0.717, 1.165) is 18.2 Å². The second kappa shape index (κ2) is 8.43. The molecule has 0 heterocycles. The fraction of sp³-hybridized carbons (Fsp3) is 0.467. The van der Waals surface area contributed by atoms with Crippen molar-refractivity contribution in [2.24, 2.45) is 0 Å². The molecule has 7 heteroatoms. The zero-order chi connectivity index (χ0) is 16.7. The van der Waals surface area contributed by atoms with Crippen LogP contribution in [0.3, 0.4) is 0 Å². The Kier molecular flexibility index (Phi) is 6.91. The van der Waals surface area contributed by atoms with Gasteiger partial charge in [0.2, 0.25) is 0 Å². The molecule has 2 amide bonds. The van der Waals surface area contributed by atoms with E-state index in [4.69, 9.17) is 0 Å². The van der Waals surface area contributed by atoms with Gasteiger partial charge in [-0.05, 0) is 26.0 Å². The molecule has 0 fully saturated rings. The van der Waals surface area contributed by atoms with Gasteiger partial charge in [0, 0.05) is 19.2 Å². The van der Waals surface area contributed by atoms with E-state index in [2.05, 4.69) is 5.32 Å². The van der Waals surface area contributed by atoms with Gasteiger partial charge in [0.1, 0.15) is 11.6 Å². The maximum atomic E-state index is 13.4. The van der Waals surface area contributed by atoms with E-state index >= 15 is 0 Å². The van der Waals surface area contributed by atoms with Gasteiger partial charge in [0.05, 0.1) is 12.7 Å². The van der Waals surface area contributed by atoms with Gasteiger partial charge in [0.15, 0.2) is 13.1 Å². The molecule has 0 spiro atoms. The number of nitrogens with zero attached hydrogens (tertiary/aromatic N) is 1. The van der Waals surface area contributed by atoms with Crippen LogP contribution >= 0.6 is 0 Å². The molecule has 0 aliphatic rings. The van der Waals surface area contributed by atoms with E-state index < -0.39 is 17.5 Å². The largest absolute Gasteiger partial charge is 0.338 e. The first-order valence-electron chi connectivity index (χ1n) is 7.21. The monoisotopic (exact) mass is 314 g/mol. The third kappa shape index (κ3) is 5.40. The van der Waals surface area contributed by atoms with Crippen molar-refractivity contribution in [3.8, 4) is 0 Å². The molecule has 1 unspecified atom stereocenters. The van der Waals surface area contributed by atoms with Crippen LogP contribution in [-0.2, 0) is 9.59 Å². The minimum absolute atomic E-state index is 0.0110. The highest BCUT2D eigenvalue weighted by Gasteiger charge is 2.18. The van der Waals surface area contributed by atoms with Gasteiger partial charge in [-0.25, -0.2) is 8.78 Å². The smallest absolute Gasteiger partial charge is 0.279 e. The van der Waals surface area contributed by atoms with Crippen LogP contribution in [-0.4, -0.2) is 49.9 Å². The summed E-state index contributed by atoms with van der Waals surface area (Å²) in [6.45, 7) is 5.16. The van der Waals surface area contributed by atoms with Crippen molar-refractivity contribution in [3.05, 3.63) is 29.8 Å². The topological polar surface area (TPSA) is 53.9 Å². The van der Waals surface area contributed by atoms with Crippen molar-refractivity contribution in [2.75, 3.05) is 38.5 Å². The number of likely N-dealkylation sites (N-methyl/N-ethyl adjacent to an activating group) is 2. The molecule has 5 nitrogen and oxygen atoms in total. The third-order valence-electron chi connectivity index (χ3n) is 3.23. The summed E-state index contributed by atoms with van der Waals surface area (Å²) in [5, 5.41) is 2.31. The minimum atomic E-state index is -0.702. The molecule has 0 aliphatic heterocycles. The average Bonchev–Trinajstić information content (AvgIpc) is 2.43. The summed E-state index contributed by atoms with van der Waals surface area (Å²) < 4.78 is 26.5. The Morgan fingerprint density at radius 1 is 1.18 bits per heavy atom. The highest BCUT2D eigenvalue weighted by Crippen LogP contribution is 2.14. The highest BCUT2D eigenvalue weighted by molar-refractivity contribution is 5.91. The average molecular weight is 314 g/mol. The summed E-state index contributed by atoms with van der Waals surface area (Å²) in [5.41, 5.74) is -0.201. The number of quaternary nitrogens is 1. The summed E-state index contributed by atoms with van der Waals surface area (Å²) in [5.74, 6) is -1.86. The fourth-order valence-electron chi connectivity index (χ4n) is 2.07. The van der Waals surface area contributed by atoms with E-state index in [9.17, 15) is 18.4 Å². The molecule has 2 N–H and O–H groups in total. The molecule has 22 heavy (non-hydrogen) atoms. The molecule has 0 bridgehead atoms.